The molecule has 88 valence electrons. The molecule has 0 N–H and O–H groups in total. The zero-order chi connectivity index (χ0) is 11.6. The Kier molecular flexibility index (Phi) is 3.37. The first-order valence-electron chi connectivity index (χ1n) is 6.61. The lowest BCUT2D eigenvalue weighted by Crippen LogP contribution is -2.32. The van der Waals surface area contributed by atoms with Gasteiger partial charge in [-0.25, -0.2) is 0 Å². The molecule has 0 aliphatic heterocycles. The highest BCUT2D eigenvalue weighted by Crippen LogP contribution is 2.44. The summed E-state index contributed by atoms with van der Waals surface area (Å²) in [6, 6.07) is 0. The van der Waals surface area contributed by atoms with Crippen LogP contribution < -0.4 is 0 Å². The van der Waals surface area contributed by atoms with Crippen molar-refractivity contribution in [3.05, 3.63) is 36.0 Å². The van der Waals surface area contributed by atoms with Crippen LogP contribution in [0.25, 0.3) is 0 Å². The molecule has 2 atom stereocenters. The van der Waals surface area contributed by atoms with Crippen molar-refractivity contribution in [3.63, 3.8) is 0 Å². The summed E-state index contributed by atoms with van der Waals surface area (Å²) in [5.74, 6) is 1.48. The van der Waals surface area contributed by atoms with E-state index in [0.717, 1.165) is 5.92 Å². The van der Waals surface area contributed by atoms with Crippen LogP contribution in [0, 0.1) is 17.3 Å². The number of hydrogen-bond donors (Lipinski definition) is 0. The maximum absolute atomic E-state index is 2.46. The van der Waals surface area contributed by atoms with Crippen LogP contribution in [0.15, 0.2) is 36.0 Å². The van der Waals surface area contributed by atoms with Gasteiger partial charge in [0, 0.05) is 0 Å². The third-order valence-electron chi connectivity index (χ3n) is 4.43. The van der Waals surface area contributed by atoms with E-state index in [9.17, 15) is 0 Å². The molecule has 0 saturated carbocycles. The van der Waals surface area contributed by atoms with Crippen molar-refractivity contribution in [1.29, 1.82) is 0 Å². The molecule has 0 heterocycles. The van der Waals surface area contributed by atoms with E-state index in [-0.39, 0.29) is 0 Å². The predicted octanol–water partition coefficient (Wildman–Crippen LogP) is 4.89. The van der Waals surface area contributed by atoms with Gasteiger partial charge in [-0.05, 0) is 49.9 Å². The van der Waals surface area contributed by atoms with Gasteiger partial charge in [0.1, 0.15) is 0 Å². The Morgan fingerprint density at radius 1 is 1.19 bits per heavy atom. The van der Waals surface area contributed by atoms with E-state index in [1.807, 2.05) is 0 Å². The highest BCUT2D eigenvalue weighted by Gasteiger charge is 2.35. The molecular weight excluding hydrogens is 192 g/mol. The minimum atomic E-state index is 0.406. The average Bonchev–Trinajstić information content (AvgIpc) is 2.30. The molecule has 16 heavy (non-hydrogen) atoms. The second-order valence-electron chi connectivity index (χ2n) is 6.00. The number of hydrogen-bond acceptors (Lipinski definition) is 0. The smallest absolute Gasteiger partial charge is 0.0136 e. The third kappa shape index (κ3) is 2.31. The first-order chi connectivity index (χ1) is 7.60. The summed E-state index contributed by atoms with van der Waals surface area (Å²) in [5.41, 5.74) is 1.93. The number of rotatable bonds is 2. The minimum absolute atomic E-state index is 0.406. The topological polar surface area (TPSA) is 0 Å². The van der Waals surface area contributed by atoms with Gasteiger partial charge in [0.25, 0.3) is 0 Å². The highest BCUT2D eigenvalue weighted by molar-refractivity contribution is 5.21. The Morgan fingerprint density at radius 3 is 2.62 bits per heavy atom. The Labute approximate surface area is 100 Å². The summed E-state index contributed by atoms with van der Waals surface area (Å²) in [6.07, 6.45) is 17.0. The summed E-state index contributed by atoms with van der Waals surface area (Å²) in [5, 5.41) is 0. The van der Waals surface area contributed by atoms with Crippen molar-refractivity contribution in [3.8, 4) is 0 Å². The predicted molar refractivity (Wildman–Crippen MR) is 71.3 cm³/mol. The summed E-state index contributed by atoms with van der Waals surface area (Å²) in [6.45, 7) is 7.14. The summed E-state index contributed by atoms with van der Waals surface area (Å²) >= 11 is 0. The van der Waals surface area contributed by atoms with Crippen molar-refractivity contribution in [2.75, 3.05) is 0 Å². The van der Waals surface area contributed by atoms with Crippen LogP contribution in [0.1, 0.15) is 46.5 Å². The van der Waals surface area contributed by atoms with Crippen LogP contribution in [0.5, 0.6) is 0 Å². The van der Waals surface area contributed by atoms with Crippen molar-refractivity contribution in [1.82, 2.24) is 0 Å². The van der Waals surface area contributed by atoms with Gasteiger partial charge in [-0.15, -0.1) is 0 Å². The van der Waals surface area contributed by atoms with Crippen LogP contribution in [-0.2, 0) is 0 Å². The number of allylic oxidation sites excluding steroid dienone is 6. The molecule has 0 spiro atoms. The van der Waals surface area contributed by atoms with Gasteiger partial charge in [0.2, 0.25) is 0 Å². The lowest BCUT2D eigenvalue weighted by atomic mass is 9.64. The molecule has 0 bridgehead atoms. The third-order valence-corrected chi connectivity index (χ3v) is 4.43. The van der Waals surface area contributed by atoms with Crippen molar-refractivity contribution < 1.29 is 0 Å². The van der Waals surface area contributed by atoms with E-state index < -0.39 is 0 Å². The molecular formula is C16H24. The van der Waals surface area contributed by atoms with Crippen molar-refractivity contribution >= 4 is 0 Å². The molecule has 0 heteroatoms. The molecule has 0 saturated heterocycles. The molecule has 0 amide bonds. The summed E-state index contributed by atoms with van der Waals surface area (Å²) in [4.78, 5) is 0. The zero-order valence-electron chi connectivity index (χ0n) is 10.9. The molecule has 2 rings (SSSR count). The standard InChI is InChI=1S/C16H24/c1-13-8-7-11-15(12-13)16(2,3)14-9-5-4-6-10-14/h5,7-9,11,14-15H,4,6,10,12H2,1-3H3. The van der Waals surface area contributed by atoms with Crippen LogP contribution >= 0.6 is 0 Å². The molecule has 2 unspecified atom stereocenters. The summed E-state index contributed by atoms with van der Waals surface area (Å²) in [7, 11) is 0. The lowest BCUT2D eigenvalue weighted by molar-refractivity contribution is 0.164. The van der Waals surface area contributed by atoms with E-state index in [1.165, 1.54) is 31.3 Å². The Bertz CT molecular complexity index is 328. The molecule has 0 radical (unpaired) electrons. The SMILES string of the molecule is CC1=CC=CC(C(C)(C)C2C=CCCC2)C1. The molecule has 0 fully saturated rings. The second kappa shape index (κ2) is 4.61. The fourth-order valence-electron chi connectivity index (χ4n) is 3.06. The fraction of sp³-hybridized carbons (Fsp3) is 0.625. The Hall–Kier alpha value is -0.780. The fourth-order valence-corrected chi connectivity index (χ4v) is 3.06. The first-order valence-corrected chi connectivity index (χ1v) is 6.61. The minimum Gasteiger partial charge on any atom is -0.0882 e. The van der Waals surface area contributed by atoms with E-state index in [4.69, 9.17) is 0 Å². The molecule has 0 aromatic carbocycles. The normalized spacial score (nSPS) is 30.3. The van der Waals surface area contributed by atoms with Gasteiger partial charge < -0.3 is 0 Å². The molecule has 0 nitrogen and oxygen atoms in total. The lowest BCUT2D eigenvalue weighted by Gasteiger charge is -2.41. The van der Waals surface area contributed by atoms with Gasteiger partial charge in [0.05, 0.1) is 0 Å². The van der Waals surface area contributed by atoms with Gasteiger partial charge in [-0.1, -0.05) is 49.8 Å². The first kappa shape index (κ1) is 11.7. The zero-order valence-corrected chi connectivity index (χ0v) is 10.9. The molecule has 2 aliphatic rings. The van der Waals surface area contributed by atoms with Crippen molar-refractivity contribution in [2.24, 2.45) is 17.3 Å². The van der Waals surface area contributed by atoms with Gasteiger partial charge in [-0.2, -0.15) is 0 Å². The Morgan fingerprint density at radius 2 is 2.00 bits per heavy atom. The maximum Gasteiger partial charge on any atom is -0.0136 e. The largest absolute Gasteiger partial charge is 0.0882 e. The molecule has 2 aliphatic carbocycles. The Balaban J connectivity index is 2.12. The van der Waals surface area contributed by atoms with Gasteiger partial charge in [0.15, 0.2) is 0 Å². The highest BCUT2D eigenvalue weighted by atomic mass is 14.4. The van der Waals surface area contributed by atoms with Crippen LogP contribution in [0.3, 0.4) is 0 Å². The monoisotopic (exact) mass is 216 g/mol. The molecule has 0 aromatic heterocycles. The average molecular weight is 216 g/mol. The second-order valence-corrected chi connectivity index (χ2v) is 6.00. The van der Waals surface area contributed by atoms with E-state index in [0.29, 0.717) is 11.3 Å². The van der Waals surface area contributed by atoms with Gasteiger partial charge >= 0.3 is 0 Å². The van der Waals surface area contributed by atoms with Crippen LogP contribution in [0.2, 0.25) is 0 Å². The van der Waals surface area contributed by atoms with Crippen LogP contribution in [0.4, 0.5) is 0 Å². The summed E-state index contributed by atoms with van der Waals surface area (Å²) < 4.78 is 0. The molecule has 0 aromatic rings. The van der Waals surface area contributed by atoms with Crippen LogP contribution in [-0.4, -0.2) is 0 Å². The van der Waals surface area contributed by atoms with Gasteiger partial charge in [-0.3, -0.25) is 0 Å². The van der Waals surface area contributed by atoms with Crippen molar-refractivity contribution in [2.45, 2.75) is 46.5 Å². The quantitative estimate of drug-likeness (QED) is 0.576. The van der Waals surface area contributed by atoms with E-state index in [1.54, 1.807) is 0 Å². The van der Waals surface area contributed by atoms with E-state index in [2.05, 4.69) is 51.2 Å². The maximum atomic E-state index is 2.46. The van der Waals surface area contributed by atoms with E-state index >= 15 is 0 Å².